The Kier molecular flexibility index (Phi) is 4.26. The smallest absolute Gasteiger partial charge is 0.345 e. The second-order valence-corrected chi connectivity index (χ2v) is 6.22. The van der Waals surface area contributed by atoms with E-state index in [0.717, 1.165) is 0 Å². The number of nitrogen functional groups attached to an aromatic ring is 1. The summed E-state index contributed by atoms with van der Waals surface area (Å²) in [5.41, 5.74) is 7.26. The number of rotatable bonds is 3. The molecule has 0 unspecified atom stereocenters. The number of hydrogen-bond acceptors (Lipinski definition) is 7. The van der Waals surface area contributed by atoms with Gasteiger partial charge in [0.1, 0.15) is 23.0 Å². The predicted molar refractivity (Wildman–Crippen MR) is 107 cm³/mol. The maximum Gasteiger partial charge on any atom is 0.345 e. The van der Waals surface area contributed by atoms with E-state index in [0.29, 0.717) is 22.1 Å². The Hall–Kier alpha value is -4.51. The van der Waals surface area contributed by atoms with Crippen LogP contribution in [0.5, 0.6) is 0 Å². The largest absolute Gasteiger partial charge is 0.422 e. The van der Waals surface area contributed by atoms with Crippen LogP contribution in [0.2, 0.25) is 0 Å². The molecule has 0 saturated carbocycles. The second kappa shape index (κ2) is 6.90. The van der Waals surface area contributed by atoms with Gasteiger partial charge in [0.2, 0.25) is 0 Å². The number of benzene rings is 2. The van der Waals surface area contributed by atoms with E-state index in [2.05, 4.69) is 4.98 Å². The van der Waals surface area contributed by atoms with Crippen molar-refractivity contribution in [2.75, 3.05) is 5.73 Å². The summed E-state index contributed by atoms with van der Waals surface area (Å²) in [6.07, 6.45) is 0. The monoisotopic (exact) mass is 384 g/mol. The topological polar surface area (TPSA) is 136 Å². The zero-order valence-corrected chi connectivity index (χ0v) is 14.8. The summed E-state index contributed by atoms with van der Waals surface area (Å²) >= 11 is 0. The highest BCUT2D eigenvalue weighted by Crippen LogP contribution is 2.32. The van der Waals surface area contributed by atoms with Crippen LogP contribution in [0.3, 0.4) is 0 Å². The SMILES string of the molecule is N#Cc1c(-c2ccc([N+](=O)[O-])cc2)cc(-c2cc3ccccc3oc2=O)nc1N. The molecule has 0 amide bonds. The molecule has 2 aromatic heterocycles. The van der Waals surface area contributed by atoms with Crippen molar-refractivity contribution in [3.8, 4) is 28.5 Å². The van der Waals surface area contributed by atoms with E-state index in [9.17, 15) is 20.2 Å². The van der Waals surface area contributed by atoms with Gasteiger partial charge in [-0.15, -0.1) is 0 Å². The molecule has 0 spiro atoms. The zero-order chi connectivity index (χ0) is 20.5. The van der Waals surface area contributed by atoms with E-state index in [1.54, 1.807) is 30.3 Å². The van der Waals surface area contributed by atoms with Gasteiger partial charge in [-0.3, -0.25) is 10.1 Å². The molecule has 0 fully saturated rings. The molecular weight excluding hydrogens is 372 g/mol. The fourth-order valence-corrected chi connectivity index (χ4v) is 3.05. The fourth-order valence-electron chi connectivity index (χ4n) is 3.05. The van der Waals surface area contributed by atoms with Gasteiger partial charge in [0.05, 0.1) is 16.2 Å². The number of pyridine rings is 1. The first-order valence-electron chi connectivity index (χ1n) is 8.46. The average Bonchev–Trinajstić information content (AvgIpc) is 2.72. The van der Waals surface area contributed by atoms with Gasteiger partial charge >= 0.3 is 5.63 Å². The van der Waals surface area contributed by atoms with Crippen LogP contribution in [-0.2, 0) is 0 Å². The first-order chi connectivity index (χ1) is 14.0. The molecule has 0 radical (unpaired) electrons. The average molecular weight is 384 g/mol. The third-order valence-electron chi connectivity index (χ3n) is 4.47. The fraction of sp³-hybridized carbons (Fsp3) is 0. The Balaban J connectivity index is 1.93. The minimum atomic E-state index is -0.588. The number of nitro groups is 1. The van der Waals surface area contributed by atoms with E-state index < -0.39 is 10.5 Å². The number of nitrogens with two attached hydrogens (primary N) is 1. The number of para-hydroxylation sites is 1. The van der Waals surface area contributed by atoms with Crippen LogP contribution in [0, 0.1) is 21.4 Å². The van der Waals surface area contributed by atoms with Gasteiger partial charge in [-0.05, 0) is 35.9 Å². The number of aromatic nitrogens is 1. The Morgan fingerprint density at radius 2 is 1.79 bits per heavy atom. The van der Waals surface area contributed by atoms with Crippen LogP contribution < -0.4 is 11.4 Å². The van der Waals surface area contributed by atoms with Crippen molar-refractivity contribution >= 4 is 22.5 Å². The summed E-state index contributed by atoms with van der Waals surface area (Å²) in [5, 5.41) is 21.1. The number of fused-ring (bicyclic) bond motifs is 1. The highest BCUT2D eigenvalue weighted by molar-refractivity contribution is 5.84. The minimum Gasteiger partial charge on any atom is -0.422 e. The van der Waals surface area contributed by atoms with Crippen molar-refractivity contribution in [2.45, 2.75) is 0 Å². The Morgan fingerprint density at radius 3 is 2.48 bits per heavy atom. The molecule has 0 aliphatic rings. The van der Waals surface area contributed by atoms with Crippen LogP contribution in [0.25, 0.3) is 33.4 Å². The minimum absolute atomic E-state index is 0.0501. The summed E-state index contributed by atoms with van der Waals surface area (Å²) in [6, 6.07) is 17.9. The van der Waals surface area contributed by atoms with Gasteiger partial charge in [0, 0.05) is 23.1 Å². The van der Waals surface area contributed by atoms with Crippen molar-refractivity contribution in [1.29, 1.82) is 5.26 Å². The molecule has 2 heterocycles. The van der Waals surface area contributed by atoms with Gasteiger partial charge in [-0.2, -0.15) is 5.26 Å². The van der Waals surface area contributed by atoms with Crippen molar-refractivity contribution in [3.63, 3.8) is 0 Å². The number of nitriles is 1. The quantitative estimate of drug-likeness (QED) is 0.321. The van der Waals surface area contributed by atoms with Crippen molar-refractivity contribution in [2.24, 2.45) is 0 Å². The molecule has 2 N–H and O–H groups in total. The summed E-state index contributed by atoms with van der Waals surface area (Å²) in [4.78, 5) is 27.1. The van der Waals surface area contributed by atoms with Gasteiger partial charge in [0.15, 0.2) is 0 Å². The summed E-state index contributed by atoms with van der Waals surface area (Å²) in [7, 11) is 0. The standard InChI is InChI=1S/C21H12N4O4/c22-11-17-15(12-5-7-14(8-6-12)25(27)28)10-18(24-20(17)23)16-9-13-3-1-2-4-19(13)29-21(16)26/h1-10H,(H2,23,24). The molecule has 4 aromatic rings. The van der Waals surface area contributed by atoms with E-state index >= 15 is 0 Å². The van der Waals surface area contributed by atoms with Gasteiger partial charge in [-0.25, -0.2) is 9.78 Å². The summed E-state index contributed by atoms with van der Waals surface area (Å²) < 4.78 is 5.35. The van der Waals surface area contributed by atoms with Crippen molar-refractivity contribution in [3.05, 3.63) is 86.8 Å². The van der Waals surface area contributed by atoms with Crippen LogP contribution in [-0.4, -0.2) is 9.91 Å². The molecule has 0 aliphatic heterocycles. The third kappa shape index (κ3) is 3.17. The Bertz CT molecular complexity index is 1370. The van der Waals surface area contributed by atoms with Crippen molar-refractivity contribution < 1.29 is 9.34 Å². The lowest BCUT2D eigenvalue weighted by molar-refractivity contribution is -0.384. The molecule has 8 heteroatoms. The summed E-state index contributed by atoms with van der Waals surface area (Å²) in [6.45, 7) is 0. The normalized spacial score (nSPS) is 10.6. The Morgan fingerprint density at radius 1 is 1.07 bits per heavy atom. The lowest BCUT2D eigenvalue weighted by atomic mass is 9.98. The number of nitrogens with zero attached hydrogens (tertiary/aromatic N) is 3. The molecule has 4 rings (SSSR count). The van der Waals surface area contributed by atoms with E-state index in [1.807, 2.05) is 12.1 Å². The van der Waals surface area contributed by atoms with E-state index in [4.69, 9.17) is 10.2 Å². The Labute approximate surface area is 163 Å². The number of non-ortho nitro benzene ring substituents is 1. The molecule has 0 saturated heterocycles. The third-order valence-corrected chi connectivity index (χ3v) is 4.47. The second-order valence-electron chi connectivity index (χ2n) is 6.22. The molecule has 8 nitrogen and oxygen atoms in total. The predicted octanol–water partition coefficient (Wildman–Crippen LogP) is 3.88. The zero-order valence-electron chi connectivity index (χ0n) is 14.8. The lowest BCUT2D eigenvalue weighted by Gasteiger charge is -2.10. The molecular formula is C21H12N4O4. The molecule has 140 valence electrons. The maximum atomic E-state index is 12.5. The first kappa shape index (κ1) is 17.9. The highest BCUT2D eigenvalue weighted by Gasteiger charge is 2.17. The van der Waals surface area contributed by atoms with E-state index in [1.165, 1.54) is 24.3 Å². The van der Waals surface area contributed by atoms with Crippen LogP contribution in [0.15, 0.2) is 69.9 Å². The first-order valence-corrected chi connectivity index (χ1v) is 8.46. The lowest BCUT2D eigenvalue weighted by Crippen LogP contribution is -2.06. The van der Waals surface area contributed by atoms with Gasteiger partial charge in [-0.1, -0.05) is 18.2 Å². The van der Waals surface area contributed by atoms with Crippen LogP contribution in [0.1, 0.15) is 5.56 Å². The molecule has 29 heavy (non-hydrogen) atoms. The maximum absolute atomic E-state index is 12.5. The van der Waals surface area contributed by atoms with Crippen LogP contribution >= 0.6 is 0 Å². The molecule has 0 atom stereocenters. The van der Waals surface area contributed by atoms with Crippen LogP contribution in [0.4, 0.5) is 11.5 Å². The summed E-state index contributed by atoms with van der Waals surface area (Å²) in [5.74, 6) is -0.0501. The highest BCUT2D eigenvalue weighted by atomic mass is 16.6. The number of anilines is 1. The van der Waals surface area contributed by atoms with Gasteiger partial charge in [0.25, 0.3) is 5.69 Å². The van der Waals surface area contributed by atoms with Gasteiger partial charge < -0.3 is 10.2 Å². The molecule has 0 aliphatic carbocycles. The van der Waals surface area contributed by atoms with E-state index in [-0.39, 0.29) is 28.3 Å². The molecule has 0 bridgehead atoms. The number of hydrogen-bond donors (Lipinski definition) is 1. The number of nitro benzene ring substituents is 1. The van der Waals surface area contributed by atoms with Crippen molar-refractivity contribution in [1.82, 2.24) is 4.98 Å². The molecule has 2 aromatic carbocycles.